The molecule has 1 unspecified atom stereocenters. The number of aryl methyl sites for hydroxylation is 3. The van der Waals surface area contributed by atoms with Gasteiger partial charge in [0, 0.05) is 12.2 Å². The van der Waals surface area contributed by atoms with E-state index in [1.807, 2.05) is 31.2 Å². The number of hydrogen-bond acceptors (Lipinski definition) is 2. The Bertz CT molecular complexity index is 874. The van der Waals surface area contributed by atoms with Gasteiger partial charge in [0.1, 0.15) is 0 Å². The van der Waals surface area contributed by atoms with E-state index < -0.39 is 11.8 Å². The first-order valence-electron chi connectivity index (χ1n) is 9.95. The van der Waals surface area contributed by atoms with Gasteiger partial charge >= 0.3 is 11.8 Å². The number of carbonyl (C=O) groups is 2. The number of fused-ring (bicyclic) bond motifs is 2. The number of benzene rings is 2. The number of nitrogens with zero attached hydrogens (tertiary/aromatic N) is 1. The standard InChI is InChI=1S/C23H26N2O2/c1-16(19-13-12-17-7-2-3-9-20(17)15-19)24-22(26)23(27)25-14-6-10-18-8-4-5-11-21(18)25/h4-5,8,11-13,15-16H,2-3,6-7,9-10,14H2,1H3,(H,24,26). The Balaban J connectivity index is 1.47. The fourth-order valence-corrected chi connectivity index (χ4v) is 4.23. The molecule has 1 aliphatic carbocycles. The van der Waals surface area contributed by atoms with E-state index in [4.69, 9.17) is 0 Å². The van der Waals surface area contributed by atoms with Crippen LogP contribution in [0.4, 0.5) is 5.69 Å². The summed E-state index contributed by atoms with van der Waals surface area (Å²) in [6.07, 6.45) is 6.56. The molecular weight excluding hydrogens is 336 g/mol. The third-order valence-electron chi connectivity index (χ3n) is 5.77. The lowest BCUT2D eigenvalue weighted by Crippen LogP contribution is -2.45. The predicted octanol–water partition coefficient (Wildman–Crippen LogP) is 3.72. The van der Waals surface area contributed by atoms with Gasteiger partial charge in [-0.05, 0) is 73.8 Å². The molecule has 4 heteroatoms. The molecule has 2 amide bonds. The van der Waals surface area contributed by atoms with Gasteiger partial charge < -0.3 is 10.2 Å². The Kier molecular flexibility index (Phi) is 4.97. The van der Waals surface area contributed by atoms with E-state index in [1.54, 1.807) is 4.90 Å². The van der Waals surface area contributed by atoms with Gasteiger partial charge in [0.05, 0.1) is 6.04 Å². The maximum atomic E-state index is 12.8. The lowest BCUT2D eigenvalue weighted by atomic mass is 9.89. The molecule has 1 aliphatic heterocycles. The fraction of sp³-hybridized carbons (Fsp3) is 0.391. The zero-order valence-corrected chi connectivity index (χ0v) is 15.8. The summed E-state index contributed by atoms with van der Waals surface area (Å²) in [5.41, 5.74) is 5.87. The summed E-state index contributed by atoms with van der Waals surface area (Å²) in [4.78, 5) is 27.0. The molecule has 0 bridgehead atoms. The highest BCUT2D eigenvalue weighted by atomic mass is 16.2. The second-order valence-corrected chi connectivity index (χ2v) is 7.62. The maximum Gasteiger partial charge on any atom is 0.316 e. The van der Waals surface area contributed by atoms with E-state index in [0.29, 0.717) is 6.54 Å². The number of carbonyl (C=O) groups excluding carboxylic acids is 2. The lowest BCUT2D eigenvalue weighted by Gasteiger charge is -2.29. The zero-order chi connectivity index (χ0) is 18.8. The van der Waals surface area contributed by atoms with Gasteiger partial charge in [0.15, 0.2) is 0 Å². The van der Waals surface area contributed by atoms with Crippen LogP contribution in [-0.2, 0) is 28.9 Å². The summed E-state index contributed by atoms with van der Waals surface area (Å²) in [5.74, 6) is -0.996. The molecule has 2 aromatic rings. The van der Waals surface area contributed by atoms with Gasteiger partial charge in [-0.3, -0.25) is 9.59 Å². The van der Waals surface area contributed by atoms with Crippen molar-refractivity contribution in [1.82, 2.24) is 5.32 Å². The van der Waals surface area contributed by atoms with Crippen molar-refractivity contribution in [2.75, 3.05) is 11.4 Å². The van der Waals surface area contributed by atoms with Crippen LogP contribution in [0.3, 0.4) is 0 Å². The summed E-state index contributed by atoms with van der Waals surface area (Å²) in [6.45, 7) is 2.54. The number of amides is 2. The largest absolute Gasteiger partial charge is 0.341 e. The van der Waals surface area contributed by atoms with Crippen LogP contribution in [0.2, 0.25) is 0 Å². The minimum Gasteiger partial charge on any atom is -0.341 e. The topological polar surface area (TPSA) is 49.4 Å². The van der Waals surface area contributed by atoms with Gasteiger partial charge in [-0.15, -0.1) is 0 Å². The number of rotatable bonds is 2. The Labute approximate surface area is 160 Å². The number of para-hydroxylation sites is 1. The molecule has 0 fully saturated rings. The maximum absolute atomic E-state index is 12.8. The Morgan fingerprint density at radius 3 is 2.52 bits per heavy atom. The van der Waals surface area contributed by atoms with Crippen LogP contribution >= 0.6 is 0 Å². The molecule has 0 aromatic heterocycles. The normalized spacial score (nSPS) is 16.9. The second kappa shape index (κ2) is 7.55. The highest BCUT2D eigenvalue weighted by molar-refractivity contribution is 6.40. The quantitative estimate of drug-likeness (QED) is 0.828. The molecule has 2 aromatic carbocycles. The van der Waals surface area contributed by atoms with Crippen molar-refractivity contribution in [1.29, 1.82) is 0 Å². The minimum atomic E-state index is -0.531. The van der Waals surface area contributed by atoms with E-state index in [0.717, 1.165) is 42.5 Å². The van der Waals surface area contributed by atoms with Crippen LogP contribution in [0.15, 0.2) is 42.5 Å². The summed E-state index contributed by atoms with van der Waals surface area (Å²) in [7, 11) is 0. The monoisotopic (exact) mass is 362 g/mol. The third kappa shape index (κ3) is 3.61. The first kappa shape index (κ1) is 17.8. The van der Waals surface area contributed by atoms with Crippen molar-refractivity contribution < 1.29 is 9.59 Å². The molecule has 1 N–H and O–H groups in total. The van der Waals surface area contributed by atoms with E-state index in [9.17, 15) is 9.59 Å². The van der Waals surface area contributed by atoms with Crippen molar-refractivity contribution in [3.63, 3.8) is 0 Å². The number of hydrogen-bond donors (Lipinski definition) is 1. The average Bonchev–Trinajstić information content (AvgIpc) is 2.72. The molecule has 27 heavy (non-hydrogen) atoms. The van der Waals surface area contributed by atoms with Crippen LogP contribution in [-0.4, -0.2) is 18.4 Å². The van der Waals surface area contributed by atoms with Crippen molar-refractivity contribution in [2.45, 2.75) is 51.5 Å². The summed E-state index contributed by atoms with van der Waals surface area (Å²) in [6, 6.07) is 14.1. The summed E-state index contributed by atoms with van der Waals surface area (Å²) in [5, 5.41) is 2.90. The highest BCUT2D eigenvalue weighted by Gasteiger charge is 2.28. The second-order valence-electron chi connectivity index (χ2n) is 7.62. The molecular formula is C23H26N2O2. The van der Waals surface area contributed by atoms with E-state index in [2.05, 4.69) is 23.5 Å². The molecule has 0 saturated heterocycles. The van der Waals surface area contributed by atoms with Crippen LogP contribution in [0, 0.1) is 0 Å². The first-order valence-corrected chi connectivity index (χ1v) is 9.95. The number of anilines is 1. The predicted molar refractivity (Wildman–Crippen MR) is 107 cm³/mol. The van der Waals surface area contributed by atoms with Crippen molar-refractivity contribution in [3.8, 4) is 0 Å². The molecule has 1 atom stereocenters. The van der Waals surface area contributed by atoms with Gasteiger partial charge in [-0.1, -0.05) is 36.4 Å². The summed E-state index contributed by atoms with van der Waals surface area (Å²) >= 11 is 0. The molecule has 140 valence electrons. The number of nitrogens with one attached hydrogen (secondary N) is 1. The van der Waals surface area contributed by atoms with Gasteiger partial charge in [0.25, 0.3) is 0 Å². The first-order chi connectivity index (χ1) is 13.1. The van der Waals surface area contributed by atoms with E-state index >= 15 is 0 Å². The Hall–Kier alpha value is -2.62. The molecule has 2 aliphatic rings. The van der Waals surface area contributed by atoms with E-state index in [1.165, 1.54) is 24.0 Å². The summed E-state index contributed by atoms with van der Waals surface area (Å²) < 4.78 is 0. The molecule has 4 rings (SSSR count). The van der Waals surface area contributed by atoms with Crippen molar-refractivity contribution in [3.05, 3.63) is 64.7 Å². The van der Waals surface area contributed by atoms with Crippen molar-refractivity contribution >= 4 is 17.5 Å². The molecule has 0 radical (unpaired) electrons. The van der Waals surface area contributed by atoms with Gasteiger partial charge in [-0.25, -0.2) is 0 Å². The molecule has 0 saturated carbocycles. The molecule has 4 nitrogen and oxygen atoms in total. The smallest absolute Gasteiger partial charge is 0.316 e. The van der Waals surface area contributed by atoms with E-state index in [-0.39, 0.29) is 6.04 Å². The highest BCUT2D eigenvalue weighted by Crippen LogP contribution is 2.27. The van der Waals surface area contributed by atoms with Crippen LogP contribution in [0.25, 0.3) is 0 Å². The van der Waals surface area contributed by atoms with Crippen molar-refractivity contribution in [2.24, 2.45) is 0 Å². The van der Waals surface area contributed by atoms with Crippen LogP contribution in [0.5, 0.6) is 0 Å². The molecule has 0 spiro atoms. The molecule has 1 heterocycles. The average molecular weight is 362 g/mol. The lowest BCUT2D eigenvalue weighted by molar-refractivity contribution is -0.138. The SMILES string of the molecule is CC(NC(=O)C(=O)N1CCCc2ccccc21)c1ccc2c(c1)CCCC2. The van der Waals surface area contributed by atoms with Crippen LogP contribution < -0.4 is 10.2 Å². The third-order valence-corrected chi connectivity index (χ3v) is 5.77. The van der Waals surface area contributed by atoms with Crippen LogP contribution in [0.1, 0.15) is 54.5 Å². The minimum absolute atomic E-state index is 0.186. The fourth-order valence-electron chi connectivity index (χ4n) is 4.23. The van der Waals surface area contributed by atoms with Gasteiger partial charge in [0.2, 0.25) is 0 Å². The Morgan fingerprint density at radius 1 is 0.926 bits per heavy atom. The van der Waals surface area contributed by atoms with Gasteiger partial charge in [-0.2, -0.15) is 0 Å². The Morgan fingerprint density at radius 2 is 1.67 bits per heavy atom. The zero-order valence-electron chi connectivity index (χ0n) is 15.8.